The highest BCUT2D eigenvalue weighted by Gasteiger charge is 2.01. The highest BCUT2D eigenvalue weighted by molar-refractivity contribution is 5.36. The Kier molecular flexibility index (Phi) is 10.9. The molecular formula is C22H28BrNO. The van der Waals surface area contributed by atoms with E-state index < -0.39 is 0 Å². The van der Waals surface area contributed by atoms with Gasteiger partial charge in [0, 0.05) is 23.8 Å². The number of unbranched alkanes of at least 4 members (excludes halogenated alkanes) is 1. The summed E-state index contributed by atoms with van der Waals surface area (Å²) in [6.07, 6.45) is 10.5. The van der Waals surface area contributed by atoms with Crippen LogP contribution in [0.25, 0.3) is 0 Å². The van der Waals surface area contributed by atoms with Crippen LogP contribution in [0.5, 0.6) is 0 Å². The van der Waals surface area contributed by atoms with Crippen molar-refractivity contribution in [2.75, 3.05) is 6.61 Å². The van der Waals surface area contributed by atoms with Crippen molar-refractivity contribution in [3.8, 4) is 11.8 Å². The average Bonchev–Trinajstić information content (AvgIpc) is 2.63. The van der Waals surface area contributed by atoms with Crippen LogP contribution in [0.3, 0.4) is 0 Å². The first-order valence-electron chi connectivity index (χ1n) is 8.98. The van der Waals surface area contributed by atoms with Gasteiger partial charge >= 0.3 is 0 Å². The van der Waals surface area contributed by atoms with E-state index in [9.17, 15) is 0 Å². The van der Waals surface area contributed by atoms with E-state index in [1.807, 2.05) is 0 Å². The lowest BCUT2D eigenvalue weighted by Crippen LogP contribution is -3.00. The molecule has 0 radical (unpaired) electrons. The van der Waals surface area contributed by atoms with Gasteiger partial charge in [0.15, 0.2) is 18.9 Å². The van der Waals surface area contributed by atoms with Crippen LogP contribution in [0.4, 0.5) is 0 Å². The topological polar surface area (TPSA) is 24.1 Å². The molecule has 0 saturated carbocycles. The van der Waals surface area contributed by atoms with Gasteiger partial charge in [-0.05, 0) is 49.4 Å². The van der Waals surface area contributed by atoms with E-state index >= 15 is 0 Å². The zero-order chi connectivity index (χ0) is 17.0. The normalized spacial score (nSPS) is 9.84. The minimum absolute atomic E-state index is 0. The molecule has 0 unspecified atom stereocenters. The van der Waals surface area contributed by atoms with Gasteiger partial charge in [-0.1, -0.05) is 37.3 Å². The molecule has 1 aromatic carbocycles. The molecule has 0 spiro atoms. The third-order valence-electron chi connectivity index (χ3n) is 4.04. The lowest BCUT2D eigenvalue weighted by Gasteiger charge is -1.99. The van der Waals surface area contributed by atoms with Gasteiger partial charge in [0.2, 0.25) is 0 Å². The van der Waals surface area contributed by atoms with Crippen LogP contribution in [0.1, 0.15) is 49.3 Å². The Labute approximate surface area is 162 Å². The maximum Gasteiger partial charge on any atom is 0.172 e. The molecule has 2 nitrogen and oxygen atoms in total. The number of benzene rings is 1. The molecule has 0 atom stereocenters. The molecule has 0 aliphatic rings. The number of aliphatic hydroxyl groups is 1. The smallest absolute Gasteiger partial charge is 0.172 e. The van der Waals surface area contributed by atoms with Crippen LogP contribution in [-0.4, -0.2) is 11.7 Å². The zero-order valence-electron chi connectivity index (χ0n) is 15.0. The summed E-state index contributed by atoms with van der Waals surface area (Å²) < 4.78 is 2.18. The van der Waals surface area contributed by atoms with E-state index in [-0.39, 0.29) is 23.6 Å². The van der Waals surface area contributed by atoms with Crippen LogP contribution in [0.2, 0.25) is 0 Å². The molecule has 1 N–H and O–H groups in total. The van der Waals surface area contributed by atoms with Gasteiger partial charge in [-0.15, -0.1) is 0 Å². The molecule has 0 aliphatic heterocycles. The standard InChI is InChI=1S/C22H28NO.BrH/c1-2-3-8-20-12-14-21(15-13-20)9-4-5-16-23-17-6-10-22(19-23)11-7-18-24;/h6,10,12-15,17,19,24H,2-3,5,7-8,11,16,18H2,1H3;1H/q+1;/p-1. The SMILES string of the molecule is CCCCc1ccc(C#CCC[n+]2cccc(CCCO)c2)cc1.[Br-]. The van der Waals surface area contributed by atoms with Crippen molar-refractivity contribution >= 4 is 0 Å². The first kappa shape index (κ1) is 21.4. The Morgan fingerprint density at radius 2 is 1.76 bits per heavy atom. The highest BCUT2D eigenvalue weighted by atomic mass is 79.9. The zero-order valence-corrected chi connectivity index (χ0v) is 16.6. The van der Waals surface area contributed by atoms with Gasteiger partial charge in [0.25, 0.3) is 0 Å². The molecule has 1 aromatic heterocycles. The summed E-state index contributed by atoms with van der Waals surface area (Å²) in [6.45, 7) is 3.37. The molecule has 134 valence electrons. The third kappa shape index (κ3) is 8.34. The molecule has 0 amide bonds. The Morgan fingerprint density at radius 3 is 2.48 bits per heavy atom. The number of nitrogens with zero attached hydrogens (tertiary/aromatic N) is 1. The lowest BCUT2D eigenvalue weighted by atomic mass is 10.1. The quantitative estimate of drug-likeness (QED) is 0.510. The number of halogens is 1. The number of rotatable bonds is 8. The van der Waals surface area contributed by atoms with E-state index in [2.05, 4.69) is 72.1 Å². The summed E-state index contributed by atoms with van der Waals surface area (Å²) >= 11 is 0. The minimum atomic E-state index is 0. The fourth-order valence-electron chi connectivity index (χ4n) is 2.63. The first-order chi connectivity index (χ1) is 11.8. The van der Waals surface area contributed by atoms with Crippen molar-refractivity contribution in [1.29, 1.82) is 0 Å². The van der Waals surface area contributed by atoms with Crippen LogP contribution in [0, 0.1) is 11.8 Å². The molecule has 3 heteroatoms. The summed E-state index contributed by atoms with van der Waals surface area (Å²) in [5.41, 5.74) is 3.76. The van der Waals surface area contributed by atoms with Crippen LogP contribution in [0.15, 0.2) is 48.8 Å². The Balaban J connectivity index is 0.00000312. The number of pyridine rings is 1. The van der Waals surface area contributed by atoms with Crippen molar-refractivity contribution in [2.45, 2.75) is 52.0 Å². The van der Waals surface area contributed by atoms with Crippen molar-refractivity contribution in [1.82, 2.24) is 0 Å². The van der Waals surface area contributed by atoms with Gasteiger partial charge in [-0.2, -0.15) is 0 Å². The van der Waals surface area contributed by atoms with Gasteiger partial charge in [-0.25, -0.2) is 4.57 Å². The molecule has 25 heavy (non-hydrogen) atoms. The second kappa shape index (κ2) is 12.7. The largest absolute Gasteiger partial charge is 1.00 e. The molecule has 0 aliphatic carbocycles. The van der Waals surface area contributed by atoms with Crippen LogP contribution < -0.4 is 21.5 Å². The van der Waals surface area contributed by atoms with E-state index in [1.165, 1.54) is 24.0 Å². The highest BCUT2D eigenvalue weighted by Crippen LogP contribution is 2.07. The number of aromatic nitrogens is 1. The third-order valence-corrected chi connectivity index (χ3v) is 4.04. The van der Waals surface area contributed by atoms with E-state index in [1.54, 1.807) is 0 Å². The number of hydrogen-bond donors (Lipinski definition) is 1. The average molecular weight is 402 g/mol. The number of aryl methyl sites for hydroxylation is 3. The van der Waals surface area contributed by atoms with Crippen molar-refractivity contribution < 1.29 is 26.7 Å². The maximum absolute atomic E-state index is 8.91. The molecule has 0 saturated heterocycles. The van der Waals surface area contributed by atoms with Gasteiger partial charge in [0.05, 0.1) is 6.42 Å². The number of hydrogen-bond acceptors (Lipinski definition) is 1. The Bertz CT molecular complexity index is 670. The minimum Gasteiger partial charge on any atom is -1.00 e. The second-order valence-corrected chi connectivity index (χ2v) is 6.13. The van der Waals surface area contributed by atoms with Crippen LogP contribution in [-0.2, 0) is 19.4 Å². The monoisotopic (exact) mass is 401 g/mol. The molecule has 2 aromatic rings. The molecular weight excluding hydrogens is 374 g/mol. The Hall–Kier alpha value is -1.63. The summed E-state index contributed by atoms with van der Waals surface area (Å²) in [6, 6.07) is 12.8. The summed E-state index contributed by atoms with van der Waals surface area (Å²) in [5.74, 6) is 6.52. The second-order valence-electron chi connectivity index (χ2n) is 6.13. The summed E-state index contributed by atoms with van der Waals surface area (Å²) in [7, 11) is 0. The van der Waals surface area contributed by atoms with Crippen LogP contribution >= 0.6 is 0 Å². The first-order valence-corrected chi connectivity index (χ1v) is 8.98. The van der Waals surface area contributed by atoms with Crippen molar-refractivity contribution in [3.05, 3.63) is 65.5 Å². The van der Waals surface area contributed by atoms with Crippen molar-refractivity contribution in [3.63, 3.8) is 0 Å². The summed E-state index contributed by atoms with van der Waals surface area (Å²) in [5, 5.41) is 8.91. The van der Waals surface area contributed by atoms with E-state index in [0.717, 1.165) is 37.8 Å². The van der Waals surface area contributed by atoms with Gasteiger partial charge < -0.3 is 22.1 Å². The van der Waals surface area contributed by atoms with E-state index in [4.69, 9.17) is 5.11 Å². The maximum atomic E-state index is 8.91. The van der Waals surface area contributed by atoms with Gasteiger partial charge in [-0.3, -0.25) is 0 Å². The molecule has 2 rings (SSSR count). The fraction of sp³-hybridized carbons (Fsp3) is 0.409. The molecule has 1 heterocycles. The number of aliphatic hydroxyl groups excluding tert-OH is 1. The lowest BCUT2D eigenvalue weighted by molar-refractivity contribution is -0.696. The van der Waals surface area contributed by atoms with Crippen molar-refractivity contribution in [2.24, 2.45) is 0 Å². The fourth-order valence-corrected chi connectivity index (χ4v) is 2.63. The predicted molar refractivity (Wildman–Crippen MR) is 98.6 cm³/mol. The predicted octanol–water partition coefficient (Wildman–Crippen LogP) is 0.687. The Morgan fingerprint density at radius 1 is 1.00 bits per heavy atom. The molecule has 0 bridgehead atoms. The van der Waals surface area contributed by atoms with Gasteiger partial charge in [0.1, 0.15) is 0 Å². The summed E-state index contributed by atoms with van der Waals surface area (Å²) in [4.78, 5) is 0. The van der Waals surface area contributed by atoms with E-state index in [0.29, 0.717) is 0 Å². The molecule has 0 fully saturated rings.